The fraction of sp³-hybridized carbons (Fsp3) is 0.562. The molecule has 0 spiro atoms. The van der Waals surface area contributed by atoms with Gasteiger partial charge in [0.15, 0.2) is 6.61 Å². The fourth-order valence-electron chi connectivity index (χ4n) is 2.53. The summed E-state index contributed by atoms with van der Waals surface area (Å²) in [5.41, 5.74) is 1.24. The van der Waals surface area contributed by atoms with Gasteiger partial charge in [0.1, 0.15) is 11.8 Å². The summed E-state index contributed by atoms with van der Waals surface area (Å²) in [5, 5.41) is 12.0. The van der Waals surface area contributed by atoms with Gasteiger partial charge in [-0.3, -0.25) is 0 Å². The fourth-order valence-corrected chi connectivity index (χ4v) is 2.53. The lowest BCUT2D eigenvalue weighted by Gasteiger charge is -2.21. The number of nitrogens with zero attached hydrogens (tertiary/aromatic N) is 2. The van der Waals surface area contributed by atoms with Gasteiger partial charge in [0.05, 0.1) is 0 Å². The first-order valence-electron chi connectivity index (χ1n) is 7.32. The van der Waals surface area contributed by atoms with E-state index in [-0.39, 0.29) is 6.61 Å². The second kappa shape index (κ2) is 7.88. The van der Waals surface area contributed by atoms with Crippen molar-refractivity contribution in [1.82, 2.24) is 10.2 Å². The first-order valence-corrected chi connectivity index (χ1v) is 7.32. The van der Waals surface area contributed by atoms with Crippen LogP contribution in [-0.4, -0.2) is 37.2 Å². The Hall–Kier alpha value is -1.57. The topological polar surface area (TPSA) is 48.3 Å². The number of hydrogen-bond acceptors (Lipinski definition) is 4. The maximum absolute atomic E-state index is 8.46. The van der Waals surface area contributed by atoms with Crippen molar-refractivity contribution in [1.29, 1.82) is 5.26 Å². The van der Waals surface area contributed by atoms with Gasteiger partial charge in [0, 0.05) is 19.1 Å². The monoisotopic (exact) mass is 273 g/mol. The van der Waals surface area contributed by atoms with Crippen LogP contribution in [0.1, 0.15) is 25.3 Å². The van der Waals surface area contributed by atoms with Gasteiger partial charge in [0.25, 0.3) is 0 Å². The summed E-state index contributed by atoms with van der Waals surface area (Å²) in [6.45, 7) is 6.83. The molecule has 4 nitrogen and oxygen atoms in total. The molecule has 0 amide bonds. The molecule has 0 aliphatic carbocycles. The standard InChI is InChI=1S/C16H23N3O/c1-14(13-19-9-2-3-10-19)18-12-15-4-6-16(7-5-15)20-11-8-17/h4-7,14,18H,2-3,9-13H2,1H3. The largest absolute Gasteiger partial charge is 0.479 e. The van der Waals surface area contributed by atoms with Crippen LogP contribution in [0.2, 0.25) is 0 Å². The van der Waals surface area contributed by atoms with Crippen molar-refractivity contribution in [3.63, 3.8) is 0 Å². The Balaban J connectivity index is 1.71. The minimum atomic E-state index is 0.102. The SMILES string of the molecule is CC(CN1CCCC1)NCc1ccc(OCC#N)cc1. The first kappa shape index (κ1) is 14.8. The van der Waals surface area contributed by atoms with Crippen LogP contribution in [0.3, 0.4) is 0 Å². The van der Waals surface area contributed by atoms with Gasteiger partial charge in [-0.05, 0) is 50.6 Å². The lowest BCUT2D eigenvalue weighted by molar-refractivity contribution is 0.298. The van der Waals surface area contributed by atoms with Crippen molar-refractivity contribution < 1.29 is 4.74 Å². The van der Waals surface area contributed by atoms with Crippen molar-refractivity contribution >= 4 is 0 Å². The Bertz CT molecular complexity index is 432. The summed E-state index contributed by atoms with van der Waals surface area (Å²) in [5.74, 6) is 0.750. The zero-order valence-corrected chi connectivity index (χ0v) is 12.1. The molecule has 20 heavy (non-hydrogen) atoms. The molecule has 1 aliphatic rings. The third-order valence-corrected chi connectivity index (χ3v) is 3.61. The average Bonchev–Trinajstić information content (AvgIpc) is 2.97. The van der Waals surface area contributed by atoms with Gasteiger partial charge in [-0.1, -0.05) is 12.1 Å². The maximum atomic E-state index is 8.46. The second-order valence-corrected chi connectivity index (χ2v) is 5.38. The zero-order chi connectivity index (χ0) is 14.2. The van der Waals surface area contributed by atoms with Crippen LogP contribution < -0.4 is 10.1 Å². The molecule has 0 bridgehead atoms. The van der Waals surface area contributed by atoms with Gasteiger partial charge >= 0.3 is 0 Å². The molecule has 1 saturated heterocycles. The number of ether oxygens (including phenoxy) is 1. The Morgan fingerprint density at radius 1 is 1.30 bits per heavy atom. The Kier molecular flexibility index (Phi) is 5.85. The molecule has 1 unspecified atom stereocenters. The predicted octanol–water partition coefficient (Wildman–Crippen LogP) is 2.16. The Labute approximate surface area is 121 Å². The number of likely N-dealkylation sites (tertiary alicyclic amines) is 1. The summed E-state index contributed by atoms with van der Waals surface area (Å²) in [6, 6.07) is 10.4. The van der Waals surface area contributed by atoms with Crippen LogP contribution in [0.4, 0.5) is 0 Å². The molecule has 1 fully saturated rings. The average molecular weight is 273 g/mol. The van der Waals surface area contributed by atoms with Gasteiger partial charge < -0.3 is 15.0 Å². The van der Waals surface area contributed by atoms with Crippen LogP contribution in [0.15, 0.2) is 24.3 Å². The predicted molar refractivity (Wildman–Crippen MR) is 79.5 cm³/mol. The van der Waals surface area contributed by atoms with E-state index in [9.17, 15) is 0 Å². The molecule has 1 aromatic rings. The van der Waals surface area contributed by atoms with Crippen molar-refractivity contribution in [3.05, 3.63) is 29.8 Å². The van der Waals surface area contributed by atoms with Crippen molar-refractivity contribution in [2.45, 2.75) is 32.4 Å². The van der Waals surface area contributed by atoms with E-state index < -0.39 is 0 Å². The van der Waals surface area contributed by atoms with E-state index in [1.54, 1.807) is 0 Å². The van der Waals surface area contributed by atoms with E-state index in [1.807, 2.05) is 30.3 Å². The highest BCUT2D eigenvalue weighted by atomic mass is 16.5. The van der Waals surface area contributed by atoms with Gasteiger partial charge in [0.2, 0.25) is 0 Å². The highest BCUT2D eigenvalue weighted by Crippen LogP contribution is 2.12. The van der Waals surface area contributed by atoms with E-state index >= 15 is 0 Å². The molecule has 0 radical (unpaired) electrons. The number of nitriles is 1. The highest BCUT2D eigenvalue weighted by molar-refractivity contribution is 5.27. The summed E-state index contributed by atoms with van der Waals surface area (Å²) in [4.78, 5) is 2.52. The van der Waals surface area contributed by atoms with Gasteiger partial charge in [-0.2, -0.15) is 5.26 Å². The van der Waals surface area contributed by atoms with Crippen LogP contribution in [0.5, 0.6) is 5.75 Å². The smallest absolute Gasteiger partial charge is 0.174 e. The number of nitrogens with one attached hydrogen (secondary N) is 1. The quantitative estimate of drug-likeness (QED) is 0.827. The molecule has 0 saturated carbocycles. The molecule has 1 atom stereocenters. The van der Waals surface area contributed by atoms with Crippen LogP contribution in [0, 0.1) is 11.3 Å². The first-order chi connectivity index (χ1) is 9.78. The normalized spacial score (nSPS) is 16.8. The van der Waals surface area contributed by atoms with Crippen LogP contribution >= 0.6 is 0 Å². The molecule has 0 aromatic heterocycles. The van der Waals surface area contributed by atoms with Gasteiger partial charge in [-0.25, -0.2) is 0 Å². The lowest BCUT2D eigenvalue weighted by atomic mass is 10.2. The van der Waals surface area contributed by atoms with E-state index in [1.165, 1.54) is 31.5 Å². The second-order valence-electron chi connectivity index (χ2n) is 5.38. The van der Waals surface area contributed by atoms with Crippen molar-refractivity contribution in [2.24, 2.45) is 0 Å². The summed E-state index contributed by atoms with van der Waals surface area (Å²) in [6.07, 6.45) is 2.69. The third kappa shape index (κ3) is 4.84. The summed E-state index contributed by atoms with van der Waals surface area (Å²) >= 11 is 0. The zero-order valence-electron chi connectivity index (χ0n) is 12.1. The molecule has 1 aliphatic heterocycles. The number of benzene rings is 1. The maximum Gasteiger partial charge on any atom is 0.174 e. The van der Waals surface area contributed by atoms with Gasteiger partial charge in [-0.15, -0.1) is 0 Å². The Morgan fingerprint density at radius 2 is 2.00 bits per heavy atom. The van der Waals surface area contributed by atoms with E-state index in [0.29, 0.717) is 6.04 Å². The minimum absolute atomic E-state index is 0.102. The summed E-state index contributed by atoms with van der Waals surface area (Å²) < 4.78 is 5.24. The highest BCUT2D eigenvalue weighted by Gasteiger charge is 2.13. The van der Waals surface area contributed by atoms with Crippen molar-refractivity contribution in [3.8, 4) is 11.8 Å². The molecule has 2 rings (SSSR count). The minimum Gasteiger partial charge on any atom is -0.479 e. The molecule has 4 heteroatoms. The Morgan fingerprint density at radius 3 is 2.65 bits per heavy atom. The molecule has 1 N–H and O–H groups in total. The molecular weight excluding hydrogens is 250 g/mol. The number of rotatable bonds is 7. The van der Waals surface area contributed by atoms with Crippen LogP contribution in [0.25, 0.3) is 0 Å². The summed E-state index contributed by atoms with van der Waals surface area (Å²) in [7, 11) is 0. The lowest BCUT2D eigenvalue weighted by Crippen LogP contribution is -2.37. The van der Waals surface area contributed by atoms with E-state index in [0.717, 1.165) is 18.8 Å². The van der Waals surface area contributed by atoms with Crippen LogP contribution in [-0.2, 0) is 6.54 Å². The van der Waals surface area contributed by atoms with Crippen molar-refractivity contribution in [2.75, 3.05) is 26.2 Å². The molecular formula is C16H23N3O. The molecule has 108 valence electrons. The van der Waals surface area contributed by atoms with E-state index in [2.05, 4.69) is 17.1 Å². The molecule has 1 aromatic carbocycles. The third-order valence-electron chi connectivity index (χ3n) is 3.61. The molecule has 1 heterocycles. The number of hydrogen-bond donors (Lipinski definition) is 1. The van der Waals surface area contributed by atoms with E-state index in [4.69, 9.17) is 10.00 Å².